The normalized spacial score (nSPS) is 12.7. The van der Waals surface area contributed by atoms with Crippen molar-refractivity contribution in [3.8, 4) is 11.5 Å². The second-order valence-electron chi connectivity index (χ2n) is 4.18. The number of benzene rings is 1. The van der Waals surface area contributed by atoms with Crippen LogP contribution >= 0.6 is 11.6 Å². The molecular weight excluding hydrogens is 238 g/mol. The number of hydrogen-bond donors (Lipinski definition) is 1. The number of aryl methyl sites for hydroxylation is 1. The van der Waals surface area contributed by atoms with Crippen LogP contribution < -0.4 is 5.73 Å². The van der Waals surface area contributed by atoms with Gasteiger partial charge in [0.2, 0.25) is 0 Å². The zero-order valence-corrected chi connectivity index (χ0v) is 10.5. The molecule has 1 heterocycles. The summed E-state index contributed by atoms with van der Waals surface area (Å²) in [6.07, 6.45) is 0.590. The van der Waals surface area contributed by atoms with Gasteiger partial charge in [0.05, 0.1) is 10.6 Å². The fraction of sp³-hybridized carbons (Fsp3) is 0.333. The SMILES string of the molecule is Cc1ccc(-c2nc(CC(C)N)no2)c(Cl)c1. The third-order valence-electron chi connectivity index (χ3n) is 2.33. The average Bonchev–Trinajstić information content (AvgIpc) is 2.65. The Morgan fingerprint density at radius 1 is 1.47 bits per heavy atom. The van der Waals surface area contributed by atoms with Crippen LogP contribution in [0.25, 0.3) is 11.5 Å². The Morgan fingerprint density at radius 3 is 2.88 bits per heavy atom. The van der Waals surface area contributed by atoms with E-state index in [4.69, 9.17) is 21.9 Å². The molecule has 0 aliphatic rings. The number of hydrogen-bond acceptors (Lipinski definition) is 4. The van der Waals surface area contributed by atoms with E-state index < -0.39 is 0 Å². The first-order valence-electron chi connectivity index (χ1n) is 5.41. The number of halogens is 1. The van der Waals surface area contributed by atoms with Crippen molar-refractivity contribution in [3.63, 3.8) is 0 Å². The molecule has 0 fully saturated rings. The summed E-state index contributed by atoms with van der Waals surface area (Å²) in [5, 5.41) is 4.48. The lowest BCUT2D eigenvalue weighted by atomic mass is 10.1. The molecule has 0 saturated heterocycles. The summed E-state index contributed by atoms with van der Waals surface area (Å²) < 4.78 is 5.17. The van der Waals surface area contributed by atoms with Crippen LogP contribution in [0, 0.1) is 6.92 Å². The minimum absolute atomic E-state index is 0.00828. The van der Waals surface area contributed by atoms with Gasteiger partial charge >= 0.3 is 0 Å². The second kappa shape index (κ2) is 4.85. The van der Waals surface area contributed by atoms with E-state index in [1.807, 2.05) is 32.0 Å². The first-order valence-corrected chi connectivity index (χ1v) is 5.78. The van der Waals surface area contributed by atoms with Crippen molar-refractivity contribution in [1.82, 2.24) is 10.1 Å². The van der Waals surface area contributed by atoms with Crippen LogP contribution in [0.3, 0.4) is 0 Å². The zero-order chi connectivity index (χ0) is 12.4. The third-order valence-corrected chi connectivity index (χ3v) is 2.64. The molecule has 1 aromatic heterocycles. The summed E-state index contributed by atoms with van der Waals surface area (Å²) in [5.74, 6) is 1.04. The van der Waals surface area contributed by atoms with Gasteiger partial charge in [0.15, 0.2) is 5.82 Å². The maximum absolute atomic E-state index is 6.13. The summed E-state index contributed by atoms with van der Waals surface area (Å²) in [5.41, 5.74) is 7.52. The molecule has 2 aromatic rings. The lowest BCUT2D eigenvalue weighted by Crippen LogP contribution is -2.18. The number of rotatable bonds is 3. The molecule has 0 aliphatic carbocycles. The maximum atomic E-state index is 6.13. The van der Waals surface area contributed by atoms with Gasteiger partial charge in [0.25, 0.3) is 5.89 Å². The highest BCUT2D eigenvalue weighted by Crippen LogP contribution is 2.27. The Balaban J connectivity index is 2.30. The molecular formula is C12H14ClN3O. The minimum atomic E-state index is 0.00828. The molecule has 0 saturated carbocycles. The third kappa shape index (κ3) is 2.84. The van der Waals surface area contributed by atoms with E-state index in [2.05, 4.69) is 10.1 Å². The topological polar surface area (TPSA) is 64.9 Å². The van der Waals surface area contributed by atoms with Crippen molar-refractivity contribution in [3.05, 3.63) is 34.6 Å². The van der Waals surface area contributed by atoms with E-state index in [0.29, 0.717) is 23.2 Å². The van der Waals surface area contributed by atoms with Gasteiger partial charge in [-0.25, -0.2) is 0 Å². The molecule has 2 rings (SSSR count). The smallest absolute Gasteiger partial charge is 0.259 e. The van der Waals surface area contributed by atoms with Crippen LogP contribution in [0.15, 0.2) is 22.7 Å². The van der Waals surface area contributed by atoms with Crippen molar-refractivity contribution >= 4 is 11.6 Å². The van der Waals surface area contributed by atoms with Crippen LogP contribution in [0.4, 0.5) is 0 Å². The average molecular weight is 252 g/mol. The summed E-state index contributed by atoms with van der Waals surface area (Å²) in [4.78, 5) is 4.27. The Labute approximate surface area is 105 Å². The van der Waals surface area contributed by atoms with Crippen LogP contribution in [0.2, 0.25) is 5.02 Å². The molecule has 2 N–H and O–H groups in total. The molecule has 0 amide bonds. The number of nitrogens with zero attached hydrogens (tertiary/aromatic N) is 2. The van der Waals surface area contributed by atoms with Gasteiger partial charge in [-0.1, -0.05) is 22.8 Å². The lowest BCUT2D eigenvalue weighted by molar-refractivity contribution is 0.420. The van der Waals surface area contributed by atoms with E-state index in [-0.39, 0.29) is 6.04 Å². The molecule has 1 atom stereocenters. The molecule has 0 aliphatic heterocycles. The number of aromatic nitrogens is 2. The Hall–Kier alpha value is -1.39. The van der Waals surface area contributed by atoms with E-state index in [1.54, 1.807) is 0 Å². The first-order chi connectivity index (χ1) is 8.06. The van der Waals surface area contributed by atoms with Crippen molar-refractivity contribution in [1.29, 1.82) is 0 Å². The lowest BCUT2D eigenvalue weighted by Gasteiger charge is -1.99. The van der Waals surface area contributed by atoms with E-state index in [9.17, 15) is 0 Å². The molecule has 1 aromatic carbocycles. The van der Waals surface area contributed by atoms with Crippen LogP contribution in [0.1, 0.15) is 18.3 Å². The summed E-state index contributed by atoms with van der Waals surface area (Å²) in [6, 6.07) is 5.71. The molecule has 1 unspecified atom stereocenters. The summed E-state index contributed by atoms with van der Waals surface area (Å²) >= 11 is 6.13. The monoisotopic (exact) mass is 251 g/mol. The molecule has 0 bridgehead atoms. The highest BCUT2D eigenvalue weighted by molar-refractivity contribution is 6.33. The predicted molar refractivity (Wildman–Crippen MR) is 66.8 cm³/mol. The van der Waals surface area contributed by atoms with Crippen molar-refractivity contribution < 1.29 is 4.52 Å². The molecule has 5 heteroatoms. The zero-order valence-electron chi connectivity index (χ0n) is 9.77. The van der Waals surface area contributed by atoms with E-state index in [1.165, 1.54) is 0 Å². The van der Waals surface area contributed by atoms with Crippen LogP contribution in [-0.2, 0) is 6.42 Å². The highest BCUT2D eigenvalue weighted by atomic mass is 35.5. The minimum Gasteiger partial charge on any atom is -0.334 e. The second-order valence-corrected chi connectivity index (χ2v) is 4.59. The van der Waals surface area contributed by atoms with Crippen molar-refractivity contribution in [2.24, 2.45) is 5.73 Å². The fourth-order valence-corrected chi connectivity index (χ4v) is 1.84. The summed E-state index contributed by atoms with van der Waals surface area (Å²) in [7, 11) is 0. The Bertz CT molecular complexity index is 522. The van der Waals surface area contributed by atoms with Crippen LogP contribution in [-0.4, -0.2) is 16.2 Å². The molecule has 0 spiro atoms. The van der Waals surface area contributed by atoms with E-state index >= 15 is 0 Å². The van der Waals surface area contributed by atoms with Crippen molar-refractivity contribution in [2.45, 2.75) is 26.3 Å². The van der Waals surface area contributed by atoms with Gasteiger partial charge in [-0.05, 0) is 31.5 Å². The predicted octanol–water partition coefficient (Wildman–Crippen LogP) is 2.59. The van der Waals surface area contributed by atoms with Gasteiger partial charge in [-0.2, -0.15) is 4.98 Å². The van der Waals surface area contributed by atoms with Gasteiger partial charge < -0.3 is 10.3 Å². The Morgan fingerprint density at radius 2 is 2.24 bits per heavy atom. The largest absolute Gasteiger partial charge is 0.334 e. The Kier molecular flexibility index (Phi) is 3.45. The van der Waals surface area contributed by atoms with Gasteiger partial charge in [-0.15, -0.1) is 0 Å². The quantitative estimate of drug-likeness (QED) is 0.911. The van der Waals surface area contributed by atoms with Gasteiger partial charge in [-0.3, -0.25) is 0 Å². The van der Waals surface area contributed by atoms with Crippen LogP contribution in [0.5, 0.6) is 0 Å². The maximum Gasteiger partial charge on any atom is 0.259 e. The number of nitrogens with two attached hydrogens (primary N) is 1. The first kappa shape index (κ1) is 12.1. The summed E-state index contributed by atoms with van der Waals surface area (Å²) in [6.45, 7) is 3.87. The van der Waals surface area contributed by atoms with E-state index in [0.717, 1.165) is 11.1 Å². The highest BCUT2D eigenvalue weighted by Gasteiger charge is 2.12. The van der Waals surface area contributed by atoms with Gasteiger partial charge in [0.1, 0.15) is 0 Å². The van der Waals surface area contributed by atoms with Crippen molar-refractivity contribution in [2.75, 3.05) is 0 Å². The van der Waals surface area contributed by atoms with Gasteiger partial charge in [0, 0.05) is 12.5 Å². The molecule has 17 heavy (non-hydrogen) atoms. The fourth-order valence-electron chi connectivity index (χ4n) is 1.53. The molecule has 4 nitrogen and oxygen atoms in total. The standard InChI is InChI=1S/C12H14ClN3O/c1-7-3-4-9(10(13)5-7)12-15-11(16-17-12)6-8(2)14/h3-5,8H,6,14H2,1-2H3. The molecule has 0 radical (unpaired) electrons. The molecule has 90 valence electrons.